The average Bonchev–Trinajstić information content (AvgIpc) is 2.83. The van der Waals surface area contributed by atoms with Crippen LogP contribution in [0.2, 0.25) is 0 Å². The maximum Gasteiger partial charge on any atom is 0.275 e. The van der Waals surface area contributed by atoms with E-state index < -0.39 is 0 Å². The Morgan fingerprint density at radius 2 is 1.91 bits per heavy atom. The van der Waals surface area contributed by atoms with Gasteiger partial charge in [0.25, 0.3) is 5.56 Å². The summed E-state index contributed by atoms with van der Waals surface area (Å²) in [6, 6.07) is 13.0. The van der Waals surface area contributed by atoms with Crippen molar-refractivity contribution in [3.8, 4) is 5.75 Å². The number of aromatic nitrogens is 2. The van der Waals surface area contributed by atoms with Crippen LogP contribution in [0.15, 0.2) is 47.3 Å². The number of hydrogen-bond acceptors (Lipinski definition) is 5. The van der Waals surface area contributed by atoms with Crippen LogP contribution in [0.1, 0.15) is 40.9 Å². The van der Waals surface area contributed by atoms with E-state index in [1.807, 2.05) is 50.2 Å². The minimum Gasteiger partial charge on any atom is -0.489 e. The van der Waals surface area contributed by atoms with Crippen molar-refractivity contribution < 1.29 is 14.3 Å². The highest BCUT2D eigenvalue weighted by molar-refractivity contribution is 6.00. The molecule has 0 spiro atoms. The van der Waals surface area contributed by atoms with Crippen LogP contribution in [-0.4, -0.2) is 45.6 Å². The van der Waals surface area contributed by atoms with Gasteiger partial charge in [0.05, 0.1) is 16.6 Å². The minimum atomic E-state index is -0.258. The lowest BCUT2D eigenvalue weighted by atomic mass is 9.86. The normalized spacial score (nSPS) is 20.4. The van der Waals surface area contributed by atoms with Gasteiger partial charge in [-0.3, -0.25) is 14.4 Å². The molecule has 2 aromatic carbocycles. The summed E-state index contributed by atoms with van der Waals surface area (Å²) in [5.41, 5.74) is 2.14. The zero-order chi connectivity index (χ0) is 23.1. The topological polar surface area (TPSA) is 81.5 Å². The molecule has 1 saturated heterocycles. The smallest absolute Gasteiger partial charge is 0.275 e. The van der Waals surface area contributed by atoms with Gasteiger partial charge in [0.1, 0.15) is 18.4 Å². The Bertz CT molecular complexity index is 1310. The maximum absolute atomic E-state index is 13.1. The van der Waals surface area contributed by atoms with Gasteiger partial charge in [0.2, 0.25) is 5.91 Å². The highest BCUT2D eigenvalue weighted by atomic mass is 16.5. The molecule has 3 heterocycles. The van der Waals surface area contributed by atoms with Crippen LogP contribution in [0.5, 0.6) is 5.75 Å². The van der Waals surface area contributed by atoms with Gasteiger partial charge in [-0.25, -0.2) is 4.68 Å². The lowest BCUT2D eigenvalue weighted by Crippen LogP contribution is -2.48. The van der Waals surface area contributed by atoms with Crippen molar-refractivity contribution in [3.05, 3.63) is 69.6 Å². The molecule has 33 heavy (non-hydrogen) atoms. The van der Waals surface area contributed by atoms with Gasteiger partial charge in [0.15, 0.2) is 5.78 Å². The Kier molecular flexibility index (Phi) is 5.48. The molecule has 0 radical (unpaired) electrons. The summed E-state index contributed by atoms with van der Waals surface area (Å²) < 4.78 is 7.47. The van der Waals surface area contributed by atoms with E-state index in [1.54, 1.807) is 11.0 Å². The molecule has 5 rings (SSSR count). The number of Topliss-reactive ketones (excluding diaryl/α,β-unsaturated/α-hetero) is 1. The average molecular weight is 446 g/mol. The van der Waals surface area contributed by atoms with Gasteiger partial charge in [-0.2, -0.15) is 5.10 Å². The minimum absolute atomic E-state index is 0.0733. The standard InChI is InChI=1S/C26H27N3O4/c1-16-9-10-23-21(12-16)22(30)13-24(33-23)18-6-5-11-28(14-18)25(31)15-29-26(32)20-8-4-3-7-19(20)17(2)27-29/h3-4,7-10,12,18,24H,5-6,11,13-15H2,1-2H3/t18-,24+/m1/s1. The molecule has 1 aromatic heterocycles. The Labute approximate surface area is 192 Å². The first kappa shape index (κ1) is 21.4. The van der Waals surface area contributed by atoms with Crippen LogP contribution in [0, 0.1) is 19.8 Å². The predicted molar refractivity (Wildman–Crippen MR) is 125 cm³/mol. The quantitative estimate of drug-likeness (QED) is 0.618. The van der Waals surface area contributed by atoms with E-state index in [0.717, 1.165) is 29.5 Å². The third-order valence-corrected chi connectivity index (χ3v) is 6.77. The monoisotopic (exact) mass is 445 g/mol. The number of piperidine rings is 1. The van der Waals surface area contributed by atoms with Crippen molar-refractivity contribution in [3.63, 3.8) is 0 Å². The molecule has 0 unspecified atom stereocenters. The van der Waals surface area contributed by atoms with Gasteiger partial charge < -0.3 is 9.64 Å². The number of nitrogens with zero attached hydrogens (tertiary/aromatic N) is 3. The van der Waals surface area contributed by atoms with E-state index in [1.165, 1.54) is 4.68 Å². The van der Waals surface area contributed by atoms with E-state index in [-0.39, 0.29) is 35.8 Å². The van der Waals surface area contributed by atoms with Crippen LogP contribution >= 0.6 is 0 Å². The van der Waals surface area contributed by atoms with Gasteiger partial charge in [-0.05, 0) is 44.9 Å². The molecule has 0 bridgehead atoms. The Balaban J connectivity index is 1.31. The number of aryl methyl sites for hydroxylation is 2. The first-order valence-electron chi connectivity index (χ1n) is 11.5. The highest BCUT2D eigenvalue weighted by Gasteiger charge is 2.36. The van der Waals surface area contributed by atoms with Crippen LogP contribution in [0.25, 0.3) is 10.8 Å². The lowest BCUT2D eigenvalue weighted by Gasteiger charge is -2.38. The van der Waals surface area contributed by atoms with Crippen molar-refractivity contribution in [1.82, 2.24) is 14.7 Å². The molecule has 7 heteroatoms. The van der Waals surface area contributed by atoms with E-state index in [2.05, 4.69) is 5.10 Å². The molecule has 2 aliphatic heterocycles. The molecule has 0 N–H and O–H groups in total. The number of ether oxygens (including phenoxy) is 1. The first-order chi connectivity index (χ1) is 15.9. The number of carbonyl (C=O) groups is 2. The Hall–Kier alpha value is -3.48. The number of carbonyl (C=O) groups excluding carboxylic acids is 2. The molecule has 170 valence electrons. The summed E-state index contributed by atoms with van der Waals surface area (Å²) in [6.07, 6.45) is 1.82. The number of hydrogen-bond donors (Lipinski definition) is 0. The number of fused-ring (bicyclic) bond motifs is 2. The summed E-state index contributed by atoms with van der Waals surface area (Å²) in [5.74, 6) is 0.662. The number of rotatable bonds is 3. The maximum atomic E-state index is 13.1. The molecule has 0 saturated carbocycles. The molecular weight excluding hydrogens is 418 g/mol. The SMILES string of the molecule is Cc1ccc2c(c1)C(=O)C[C@@H]([C@@H]1CCCN(C(=O)Cn3nc(C)c4ccccc4c3=O)C1)O2. The second-order valence-electron chi connectivity index (χ2n) is 9.12. The first-order valence-corrected chi connectivity index (χ1v) is 11.5. The van der Waals surface area contributed by atoms with Gasteiger partial charge >= 0.3 is 0 Å². The van der Waals surface area contributed by atoms with Crippen molar-refractivity contribution in [2.45, 2.75) is 45.8 Å². The highest BCUT2D eigenvalue weighted by Crippen LogP contribution is 2.34. The number of amides is 1. The summed E-state index contributed by atoms with van der Waals surface area (Å²) in [5, 5.41) is 5.75. The molecular formula is C26H27N3O4. The predicted octanol–water partition coefficient (Wildman–Crippen LogP) is 3.29. The zero-order valence-corrected chi connectivity index (χ0v) is 18.9. The van der Waals surface area contributed by atoms with E-state index in [0.29, 0.717) is 36.2 Å². The van der Waals surface area contributed by atoms with Crippen LogP contribution in [0.3, 0.4) is 0 Å². The summed E-state index contributed by atoms with van der Waals surface area (Å²) in [4.78, 5) is 40.5. The molecule has 2 atom stereocenters. The van der Waals surface area contributed by atoms with Crippen molar-refractivity contribution in [2.75, 3.05) is 13.1 Å². The second kappa shape index (κ2) is 8.46. The third-order valence-electron chi connectivity index (χ3n) is 6.77. The number of ketones is 1. The lowest BCUT2D eigenvalue weighted by molar-refractivity contribution is -0.134. The van der Waals surface area contributed by atoms with Gasteiger partial charge in [0, 0.05) is 30.8 Å². The molecule has 2 aliphatic rings. The van der Waals surface area contributed by atoms with E-state index >= 15 is 0 Å². The van der Waals surface area contributed by atoms with Crippen molar-refractivity contribution in [2.24, 2.45) is 5.92 Å². The second-order valence-corrected chi connectivity index (χ2v) is 9.12. The van der Waals surface area contributed by atoms with Gasteiger partial charge in [-0.15, -0.1) is 0 Å². The van der Waals surface area contributed by atoms with Crippen LogP contribution < -0.4 is 10.3 Å². The fraction of sp³-hybridized carbons (Fsp3) is 0.385. The van der Waals surface area contributed by atoms with Crippen molar-refractivity contribution in [1.29, 1.82) is 0 Å². The fourth-order valence-electron chi connectivity index (χ4n) is 5.00. The largest absolute Gasteiger partial charge is 0.489 e. The third kappa shape index (κ3) is 4.03. The molecule has 1 amide bonds. The van der Waals surface area contributed by atoms with Crippen LogP contribution in [-0.2, 0) is 11.3 Å². The fourth-order valence-corrected chi connectivity index (χ4v) is 5.00. The van der Waals surface area contributed by atoms with E-state index in [4.69, 9.17) is 4.74 Å². The molecule has 1 fully saturated rings. The van der Waals surface area contributed by atoms with Crippen molar-refractivity contribution >= 4 is 22.5 Å². The van der Waals surface area contributed by atoms with E-state index in [9.17, 15) is 14.4 Å². The Morgan fingerprint density at radius 3 is 2.73 bits per heavy atom. The van der Waals surface area contributed by atoms with Crippen LogP contribution in [0.4, 0.5) is 0 Å². The van der Waals surface area contributed by atoms with Gasteiger partial charge in [-0.1, -0.05) is 29.8 Å². The number of likely N-dealkylation sites (tertiary alicyclic amines) is 1. The molecule has 0 aliphatic carbocycles. The summed E-state index contributed by atoms with van der Waals surface area (Å²) in [7, 11) is 0. The number of benzene rings is 2. The molecule has 7 nitrogen and oxygen atoms in total. The summed E-state index contributed by atoms with van der Waals surface area (Å²) in [6.45, 7) is 4.86. The Morgan fingerprint density at radius 1 is 1.12 bits per heavy atom. The zero-order valence-electron chi connectivity index (χ0n) is 18.9. The molecule has 3 aromatic rings. The summed E-state index contributed by atoms with van der Waals surface area (Å²) >= 11 is 0.